The number of hydrogen-bond donors (Lipinski definition) is 1. The summed E-state index contributed by atoms with van der Waals surface area (Å²) in [4.78, 5) is 12.8. The van der Waals surface area contributed by atoms with E-state index in [4.69, 9.17) is 0 Å². The molecule has 2 heterocycles. The van der Waals surface area contributed by atoms with Crippen LogP contribution in [0.4, 0.5) is 5.82 Å². The lowest BCUT2D eigenvalue weighted by Crippen LogP contribution is -2.15. The summed E-state index contributed by atoms with van der Waals surface area (Å²) in [6, 6.07) is 3.83. The highest BCUT2D eigenvalue weighted by atomic mass is 32.1. The van der Waals surface area contributed by atoms with Crippen LogP contribution in [0, 0.1) is 13.8 Å². The molecule has 2 aromatic heterocycles. The monoisotopic (exact) mass is 249 g/mol. The van der Waals surface area contributed by atoms with Crippen molar-refractivity contribution in [3.63, 3.8) is 0 Å². The fourth-order valence-corrected chi connectivity index (χ4v) is 2.49. The maximum Gasteiger partial charge on any atom is 0.267 e. The molecule has 1 N–H and O–H groups in total. The molecule has 0 radical (unpaired) electrons. The van der Waals surface area contributed by atoms with Crippen molar-refractivity contribution < 1.29 is 4.79 Å². The first kappa shape index (κ1) is 11.9. The summed E-state index contributed by atoms with van der Waals surface area (Å²) in [5.41, 5.74) is 1.91. The van der Waals surface area contributed by atoms with Gasteiger partial charge >= 0.3 is 0 Å². The molecule has 0 aliphatic heterocycles. The number of rotatable bonds is 3. The minimum atomic E-state index is -0.0629. The van der Waals surface area contributed by atoms with Crippen molar-refractivity contribution in [1.82, 2.24) is 9.78 Å². The van der Waals surface area contributed by atoms with Gasteiger partial charge in [-0.1, -0.05) is 0 Å². The van der Waals surface area contributed by atoms with Crippen LogP contribution >= 0.6 is 11.3 Å². The number of aryl methyl sites for hydroxylation is 3. The van der Waals surface area contributed by atoms with Crippen molar-refractivity contribution >= 4 is 23.1 Å². The molecule has 2 aromatic rings. The summed E-state index contributed by atoms with van der Waals surface area (Å²) >= 11 is 1.46. The average molecular weight is 249 g/mol. The standard InChI is InChI=1S/C12H15N3OS/c1-4-15-10(7-9(3)14-15)13-12(16)11-8(2)5-6-17-11/h5-7H,4H2,1-3H3,(H,13,16). The number of carbonyl (C=O) groups excluding carboxylic acids is 1. The van der Waals surface area contributed by atoms with Gasteiger partial charge in [0.05, 0.1) is 10.6 Å². The first-order chi connectivity index (χ1) is 8.11. The molecule has 0 aliphatic rings. The molecule has 0 spiro atoms. The van der Waals surface area contributed by atoms with E-state index in [2.05, 4.69) is 10.4 Å². The van der Waals surface area contributed by atoms with Gasteiger partial charge in [0, 0.05) is 12.6 Å². The maximum absolute atomic E-state index is 12.0. The fourth-order valence-electron chi connectivity index (χ4n) is 1.67. The Hall–Kier alpha value is -1.62. The van der Waals surface area contributed by atoms with Gasteiger partial charge in [0.25, 0.3) is 5.91 Å². The van der Waals surface area contributed by atoms with Gasteiger partial charge in [0.15, 0.2) is 0 Å². The zero-order valence-corrected chi connectivity index (χ0v) is 11.0. The number of thiophene rings is 1. The molecule has 0 unspecified atom stereocenters. The van der Waals surface area contributed by atoms with Gasteiger partial charge in [-0.05, 0) is 37.8 Å². The molecule has 1 amide bonds. The molecule has 17 heavy (non-hydrogen) atoms. The summed E-state index contributed by atoms with van der Waals surface area (Å²) in [6.45, 7) is 6.59. The van der Waals surface area contributed by atoms with E-state index in [9.17, 15) is 4.79 Å². The first-order valence-corrected chi connectivity index (χ1v) is 6.39. The van der Waals surface area contributed by atoms with Gasteiger partial charge in [-0.2, -0.15) is 5.10 Å². The highest BCUT2D eigenvalue weighted by Gasteiger charge is 2.13. The minimum absolute atomic E-state index is 0.0629. The molecule has 0 aliphatic carbocycles. The van der Waals surface area contributed by atoms with Crippen LogP contribution in [0.2, 0.25) is 0 Å². The quantitative estimate of drug-likeness (QED) is 0.909. The molecular formula is C12H15N3OS. The van der Waals surface area contributed by atoms with Gasteiger partial charge in [0.2, 0.25) is 0 Å². The highest BCUT2D eigenvalue weighted by molar-refractivity contribution is 7.12. The molecule has 0 atom stereocenters. The van der Waals surface area contributed by atoms with Crippen LogP contribution < -0.4 is 5.32 Å². The second kappa shape index (κ2) is 4.71. The number of hydrogen-bond acceptors (Lipinski definition) is 3. The Morgan fingerprint density at radius 3 is 2.88 bits per heavy atom. The van der Waals surface area contributed by atoms with Gasteiger partial charge in [-0.25, -0.2) is 4.68 Å². The van der Waals surface area contributed by atoms with Crippen LogP contribution in [0.1, 0.15) is 27.9 Å². The summed E-state index contributed by atoms with van der Waals surface area (Å²) in [7, 11) is 0. The zero-order valence-electron chi connectivity index (χ0n) is 10.2. The molecule has 0 saturated carbocycles. The third-order valence-corrected chi connectivity index (χ3v) is 3.53. The molecule has 0 bridgehead atoms. The van der Waals surface area contributed by atoms with Crippen molar-refractivity contribution in [2.24, 2.45) is 0 Å². The van der Waals surface area contributed by atoms with E-state index in [1.54, 1.807) is 4.68 Å². The summed E-state index contributed by atoms with van der Waals surface area (Å²) in [6.07, 6.45) is 0. The van der Waals surface area contributed by atoms with E-state index in [1.807, 2.05) is 38.3 Å². The number of nitrogens with zero attached hydrogens (tertiary/aromatic N) is 2. The molecular weight excluding hydrogens is 234 g/mol. The Morgan fingerprint density at radius 1 is 1.53 bits per heavy atom. The van der Waals surface area contributed by atoms with Gasteiger partial charge in [0.1, 0.15) is 5.82 Å². The van der Waals surface area contributed by atoms with Crippen molar-refractivity contribution in [1.29, 1.82) is 0 Å². The number of carbonyl (C=O) groups is 1. The Labute approximate surface area is 104 Å². The zero-order chi connectivity index (χ0) is 12.4. The van der Waals surface area contributed by atoms with Crippen molar-refractivity contribution in [2.45, 2.75) is 27.3 Å². The van der Waals surface area contributed by atoms with E-state index >= 15 is 0 Å². The molecule has 5 heteroatoms. The fraction of sp³-hybridized carbons (Fsp3) is 0.333. The second-order valence-corrected chi connectivity index (χ2v) is 4.79. The maximum atomic E-state index is 12.0. The highest BCUT2D eigenvalue weighted by Crippen LogP contribution is 2.18. The van der Waals surface area contributed by atoms with Crippen LogP contribution in [0.15, 0.2) is 17.5 Å². The van der Waals surface area contributed by atoms with Crippen LogP contribution in [0.3, 0.4) is 0 Å². The number of aromatic nitrogens is 2. The van der Waals surface area contributed by atoms with Crippen molar-refractivity contribution in [3.05, 3.63) is 33.6 Å². The molecule has 0 saturated heterocycles. The van der Waals surface area contributed by atoms with Crippen molar-refractivity contribution in [2.75, 3.05) is 5.32 Å². The largest absolute Gasteiger partial charge is 0.306 e. The van der Waals surface area contributed by atoms with Crippen LogP contribution in [-0.2, 0) is 6.54 Å². The molecule has 90 valence electrons. The molecule has 2 rings (SSSR count). The third kappa shape index (κ3) is 2.39. The SMILES string of the molecule is CCn1nc(C)cc1NC(=O)c1sccc1C. The molecule has 0 aromatic carbocycles. The average Bonchev–Trinajstić information content (AvgIpc) is 2.84. The summed E-state index contributed by atoms with van der Waals surface area (Å²) < 4.78 is 1.79. The minimum Gasteiger partial charge on any atom is -0.306 e. The lowest BCUT2D eigenvalue weighted by Gasteiger charge is -2.06. The van der Waals surface area contributed by atoms with Gasteiger partial charge in [-0.3, -0.25) is 4.79 Å². The Morgan fingerprint density at radius 2 is 2.29 bits per heavy atom. The first-order valence-electron chi connectivity index (χ1n) is 5.51. The predicted molar refractivity (Wildman–Crippen MR) is 69.6 cm³/mol. The third-order valence-electron chi connectivity index (χ3n) is 2.51. The normalized spacial score (nSPS) is 10.5. The van der Waals surface area contributed by atoms with Crippen molar-refractivity contribution in [3.8, 4) is 0 Å². The van der Waals surface area contributed by atoms with Gasteiger partial charge in [-0.15, -0.1) is 11.3 Å². The lowest BCUT2D eigenvalue weighted by molar-refractivity contribution is 0.102. The summed E-state index contributed by atoms with van der Waals surface area (Å²) in [5, 5.41) is 9.11. The molecule has 0 fully saturated rings. The number of anilines is 1. The van der Waals surface area contributed by atoms with E-state index in [0.717, 1.165) is 28.5 Å². The van der Waals surface area contributed by atoms with Crippen LogP contribution in [0.25, 0.3) is 0 Å². The van der Waals surface area contributed by atoms with Crippen LogP contribution in [0.5, 0.6) is 0 Å². The van der Waals surface area contributed by atoms with Crippen LogP contribution in [-0.4, -0.2) is 15.7 Å². The second-order valence-electron chi connectivity index (χ2n) is 3.87. The van der Waals surface area contributed by atoms with E-state index in [1.165, 1.54) is 11.3 Å². The Bertz CT molecular complexity index is 542. The number of nitrogens with one attached hydrogen (secondary N) is 1. The van der Waals surface area contributed by atoms with E-state index in [-0.39, 0.29) is 5.91 Å². The predicted octanol–water partition coefficient (Wildman–Crippen LogP) is 2.83. The Kier molecular flexibility index (Phi) is 3.28. The topological polar surface area (TPSA) is 46.9 Å². The molecule has 4 nitrogen and oxygen atoms in total. The lowest BCUT2D eigenvalue weighted by atomic mass is 10.3. The van der Waals surface area contributed by atoms with Gasteiger partial charge < -0.3 is 5.32 Å². The van der Waals surface area contributed by atoms with E-state index in [0.29, 0.717) is 0 Å². The van der Waals surface area contributed by atoms with E-state index < -0.39 is 0 Å². The summed E-state index contributed by atoms with van der Waals surface area (Å²) in [5.74, 6) is 0.690. The number of amides is 1. The smallest absolute Gasteiger partial charge is 0.267 e. The Balaban J connectivity index is 2.21.